The van der Waals surface area contributed by atoms with Gasteiger partial charge in [0.1, 0.15) is 0 Å². The maximum absolute atomic E-state index is 12.8. The van der Waals surface area contributed by atoms with E-state index >= 15 is 0 Å². The number of anilines is 2. The molecule has 3 aromatic carbocycles. The molecule has 0 aliphatic rings. The number of nitrogens with one attached hydrogen (secondary N) is 2. The van der Waals surface area contributed by atoms with Gasteiger partial charge in [-0.2, -0.15) is 0 Å². The Hall–Kier alpha value is -3.52. The van der Waals surface area contributed by atoms with Crippen LogP contribution in [0.15, 0.2) is 71.6 Å². The highest BCUT2D eigenvalue weighted by molar-refractivity contribution is 7.92. The zero-order valence-corrected chi connectivity index (χ0v) is 20.1. The molecule has 0 aliphatic carbocycles. The summed E-state index contributed by atoms with van der Waals surface area (Å²) in [6.07, 6.45) is 0. The van der Waals surface area contributed by atoms with Crippen LogP contribution in [-0.4, -0.2) is 28.5 Å². The average Bonchev–Trinajstić information content (AvgIpc) is 2.78. The van der Waals surface area contributed by atoms with Gasteiger partial charge in [0.05, 0.1) is 24.8 Å². The van der Waals surface area contributed by atoms with Crippen molar-refractivity contribution in [2.75, 3.05) is 24.3 Å². The summed E-state index contributed by atoms with van der Waals surface area (Å²) < 4.78 is 38.6. The van der Waals surface area contributed by atoms with E-state index in [1.54, 1.807) is 36.4 Å². The van der Waals surface area contributed by atoms with Crippen molar-refractivity contribution in [3.63, 3.8) is 0 Å². The maximum Gasteiger partial charge on any atom is 0.262 e. The zero-order chi connectivity index (χ0) is 24.2. The van der Waals surface area contributed by atoms with Crippen molar-refractivity contribution in [3.8, 4) is 11.5 Å². The van der Waals surface area contributed by atoms with E-state index in [1.807, 2.05) is 12.1 Å². The summed E-state index contributed by atoms with van der Waals surface area (Å²) in [5.41, 5.74) is 2.41. The molecule has 0 heterocycles. The molecule has 0 bridgehead atoms. The number of hydrogen-bond acceptors (Lipinski definition) is 5. The Morgan fingerprint density at radius 1 is 0.818 bits per heavy atom. The minimum absolute atomic E-state index is 0.00555. The van der Waals surface area contributed by atoms with Gasteiger partial charge in [-0.15, -0.1) is 0 Å². The van der Waals surface area contributed by atoms with Crippen molar-refractivity contribution in [1.29, 1.82) is 0 Å². The first-order valence-electron chi connectivity index (χ1n) is 10.3. The fourth-order valence-corrected chi connectivity index (χ4v) is 4.25. The molecular weight excluding hydrogens is 440 g/mol. The largest absolute Gasteiger partial charge is 0.493 e. The minimum Gasteiger partial charge on any atom is -0.493 e. The van der Waals surface area contributed by atoms with Crippen LogP contribution in [0.1, 0.15) is 36.7 Å². The lowest BCUT2D eigenvalue weighted by atomic mass is 9.87. The van der Waals surface area contributed by atoms with Gasteiger partial charge in [0.15, 0.2) is 11.5 Å². The summed E-state index contributed by atoms with van der Waals surface area (Å²) in [5.74, 6) is 0.450. The Labute approximate surface area is 194 Å². The number of amides is 1. The Bertz CT molecular complexity index is 1250. The topological polar surface area (TPSA) is 93.7 Å². The van der Waals surface area contributed by atoms with E-state index < -0.39 is 10.0 Å². The van der Waals surface area contributed by atoms with Gasteiger partial charge in [-0.1, -0.05) is 39.0 Å². The van der Waals surface area contributed by atoms with Crippen LogP contribution in [0.2, 0.25) is 0 Å². The highest BCUT2D eigenvalue weighted by Crippen LogP contribution is 2.30. The van der Waals surface area contributed by atoms with Crippen LogP contribution in [0, 0.1) is 0 Å². The van der Waals surface area contributed by atoms with E-state index in [0.29, 0.717) is 28.4 Å². The third-order valence-electron chi connectivity index (χ3n) is 5.05. The molecule has 0 saturated heterocycles. The van der Waals surface area contributed by atoms with Crippen molar-refractivity contribution >= 4 is 27.3 Å². The standard InChI is InChI=1S/C25H28N2O5S/c1-25(2,3)18-11-9-17(10-12-18)24(28)26-19-7-6-8-20(15-19)27-33(29,30)21-13-14-22(31-4)23(16-21)32-5/h6-16,27H,1-5H3,(H,26,28). The Balaban J connectivity index is 1.76. The molecule has 0 fully saturated rings. The highest BCUT2D eigenvalue weighted by atomic mass is 32.2. The van der Waals surface area contributed by atoms with Crippen LogP contribution in [0.5, 0.6) is 11.5 Å². The lowest BCUT2D eigenvalue weighted by Gasteiger charge is -2.19. The Kier molecular flexibility index (Phi) is 6.98. The first kappa shape index (κ1) is 24.1. The van der Waals surface area contributed by atoms with Gasteiger partial charge in [0.25, 0.3) is 15.9 Å². The summed E-state index contributed by atoms with van der Waals surface area (Å²) in [4.78, 5) is 12.7. The average molecular weight is 469 g/mol. The van der Waals surface area contributed by atoms with Crippen molar-refractivity contribution in [1.82, 2.24) is 0 Å². The fraction of sp³-hybridized carbons (Fsp3) is 0.240. The second kappa shape index (κ2) is 9.54. The van der Waals surface area contributed by atoms with E-state index in [1.165, 1.54) is 32.4 Å². The molecule has 8 heteroatoms. The first-order chi connectivity index (χ1) is 15.5. The maximum atomic E-state index is 12.8. The molecule has 3 aromatic rings. The van der Waals surface area contributed by atoms with E-state index in [0.717, 1.165) is 5.56 Å². The van der Waals surface area contributed by atoms with Crippen LogP contribution < -0.4 is 19.5 Å². The molecule has 0 aliphatic heterocycles. The predicted octanol–water partition coefficient (Wildman–Crippen LogP) is 5.05. The lowest BCUT2D eigenvalue weighted by Crippen LogP contribution is -2.15. The van der Waals surface area contributed by atoms with Gasteiger partial charge >= 0.3 is 0 Å². The van der Waals surface area contributed by atoms with Crippen LogP contribution in [-0.2, 0) is 15.4 Å². The molecule has 0 spiro atoms. The van der Waals surface area contributed by atoms with Crippen LogP contribution in [0.4, 0.5) is 11.4 Å². The van der Waals surface area contributed by atoms with Gasteiger partial charge in [-0.25, -0.2) is 8.42 Å². The number of benzene rings is 3. The van der Waals surface area contributed by atoms with Crippen molar-refractivity contribution in [3.05, 3.63) is 77.9 Å². The normalized spacial score (nSPS) is 11.5. The predicted molar refractivity (Wildman–Crippen MR) is 130 cm³/mol. The SMILES string of the molecule is COc1ccc(S(=O)(=O)Nc2cccc(NC(=O)c3ccc(C(C)(C)C)cc3)c2)cc1OC. The van der Waals surface area contributed by atoms with Crippen LogP contribution >= 0.6 is 0 Å². The number of rotatable bonds is 7. The van der Waals surface area contributed by atoms with Crippen molar-refractivity contribution in [2.24, 2.45) is 0 Å². The van der Waals surface area contributed by atoms with E-state index in [-0.39, 0.29) is 16.2 Å². The highest BCUT2D eigenvalue weighted by Gasteiger charge is 2.18. The quantitative estimate of drug-likeness (QED) is 0.506. The summed E-state index contributed by atoms with van der Waals surface area (Å²) in [6, 6.07) is 18.3. The molecule has 0 aromatic heterocycles. The van der Waals surface area contributed by atoms with Crippen molar-refractivity contribution < 1.29 is 22.7 Å². The summed E-state index contributed by atoms with van der Waals surface area (Å²) in [6.45, 7) is 6.32. The van der Waals surface area contributed by atoms with E-state index in [9.17, 15) is 13.2 Å². The molecule has 7 nitrogen and oxygen atoms in total. The molecule has 0 unspecified atom stereocenters. The third-order valence-corrected chi connectivity index (χ3v) is 6.43. The van der Waals surface area contributed by atoms with Gasteiger partial charge in [-0.3, -0.25) is 9.52 Å². The fourth-order valence-electron chi connectivity index (χ4n) is 3.18. The number of methoxy groups -OCH3 is 2. The zero-order valence-electron chi connectivity index (χ0n) is 19.3. The molecule has 0 atom stereocenters. The molecule has 33 heavy (non-hydrogen) atoms. The first-order valence-corrected chi connectivity index (χ1v) is 11.8. The molecule has 1 amide bonds. The molecule has 0 saturated carbocycles. The molecule has 3 rings (SSSR count). The number of ether oxygens (including phenoxy) is 2. The van der Waals surface area contributed by atoms with Gasteiger partial charge in [-0.05, 0) is 53.4 Å². The number of sulfonamides is 1. The summed E-state index contributed by atoms with van der Waals surface area (Å²) in [5, 5.41) is 2.81. The minimum atomic E-state index is -3.89. The second-order valence-corrected chi connectivity index (χ2v) is 10.2. The summed E-state index contributed by atoms with van der Waals surface area (Å²) in [7, 11) is -0.975. The molecule has 2 N–H and O–H groups in total. The van der Waals surface area contributed by atoms with Crippen LogP contribution in [0.25, 0.3) is 0 Å². The molecular formula is C25H28N2O5S. The number of carbonyl (C=O) groups is 1. The second-order valence-electron chi connectivity index (χ2n) is 8.48. The van der Waals surface area contributed by atoms with Gasteiger partial charge in [0.2, 0.25) is 0 Å². The van der Waals surface area contributed by atoms with E-state index in [2.05, 4.69) is 30.8 Å². The van der Waals surface area contributed by atoms with Gasteiger partial charge < -0.3 is 14.8 Å². The van der Waals surface area contributed by atoms with Gasteiger partial charge in [0, 0.05) is 17.3 Å². The molecule has 0 radical (unpaired) electrons. The lowest BCUT2D eigenvalue weighted by molar-refractivity contribution is 0.102. The molecule has 174 valence electrons. The van der Waals surface area contributed by atoms with E-state index in [4.69, 9.17) is 9.47 Å². The number of hydrogen-bond donors (Lipinski definition) is 2. The Morgan fingerprint density at radius 3 is 2.06 bits per heavy atom. The van der Waals surface area contributed by atoms with Crippen LogP contribution in [0.3, 0.4) is 0 Å². The number of carbonyl (C=O) groups excluding carboxylic acids is 1. The summed E-state index contributed by atoms with van der Waals surface area (Å²) >= 11 is 0. The van der Waals surface area contributed by atoms with Crippen molar-refractivity contribution in [2.45, 2.75) is 31.1 Å². The third kappa shape index (κ3) is 5.84. The smallest absolute Gasteiger partial charge is 0.262 e. The Morgan fingerprint density at radius 2 is 1.45 bits per heavy atom. The monoisotopic (exact) mass is 468 g/mol.